The number of alkyl carbamates (subject to hydrolysis) is 1. The standard InChI is InChI=1S/C17H30N2O4/c1-16(2,3)23-15(21)18-11-14-5-9-19(10-6-14)12-17(22-13-20)7-4-8-17/h13-14H,4-12H2,1-3H3,(H,18,21). The number of likely N-dealkylation sites (tertiary alicyclic amines) is 1. The van der Waals surface area contributed by atoms with Gasteiger partial charge < -0.3 is 14.8 Å². The Morgan fingerprint density at radius 3 is 2.43 bits per heavy atom. The van der Waals surface area contributed by atoms with E-state index in [1.807, 2.05) is 20.8 Å². The van der Waals surface area contributed by atoms with Crippen LogP contribution in [0.4, 0.5) is 4.79 Å². The van der Waals surface area contributed by atoms with Gasteiger partial charge in [0.2, 0.25) is 0 Å². The number of hydrogen-bond donors (Lipinski definition) is 1. The van der Waals surface area contributed by atoms with E-state index in [2.05, 4.69) is 10.2 Å². The van der Waals surface area contributed by atoms with E-state index in [-0.39, 0.29) is 11.7 Å². The summed E-state index contributed by atoms with van der Waals surface area (Å²) < 4.78 is 10.6. The molecule has 1 aliphatic heterocycles. The molecule has 0 aromatic rings. The molecule has 1 heterocycles. The third kappa shape index (κ3) is 5.68. The van der Waals surface area contributed by atoms with Crippen molar-refractivity contribution in [1.29, 1.82) is 0 Å². The van der Waals surface area contributed by atoms with E-state index in [0.717, 1.165) is 51.7 Å². The van der Waals surface area contributed by atoms with Gasteiger partial charge >= 0.3 is 6.09 Å². The average molecular weight is 326 g/mol. The second-order valence-electron chi connectivity index (χ2n) is 7.85. The highest BCUT2D eigenvalue weighted by Crippen LogP contribution is 2.36. The van der Waals surface area contributed by atoms with Crippen molar-refractivity contribution >= 4 is 12.6 Å². The summed E-state index contributed by atoms with van der Waals surface area (Å²) in [5.74, 6) is 0.489. The normalized spacial score (nSPS) is 22.0. The minimum atomic E-state index is -0.455. The lowest BCUT2D eigenvalue weighted by molar-refractivity contribution is -0.157. The van der Waals surface area contributed by atoms with Gasteiger partial charge in [0.1, 0.15) is 11.2 Å². The molecule has 1 N–H and O–H groups in total. The van der Waals surface area contributed by atoms with Crippen molar-refractivity contribution in [2.45, 2.75) is 64.1 Å². The molecule has 6 nitrogen and oxygen atoms in total. The molecule has 1 aliphatic carbocycles. The van der Waals surface area contributed by atoms with Crippen molar-refractivity contribution < 1.29 is 19.1 Å². The Balaban J connectivity index is 1.66. The third-order valence-electron chi connectivity index (χ3n) is 4.72. The van der Waals surface area contributed by atoms with Gasteiger partial charge in [-0.3, -0.25) is 9.69 Å². The molecular formula is C17H30N2O4. The summed E-state index contributed by atoms with van der Waals surface area (Å²) in [5.41, 5.74) is -0.688. The van der Waals surface area contributed by atoms with E-state index in [1.165, 1.54) is 0 Å². The molecule has 2 aliphatic rings. The number of ether oxygens (including phenoxy) is 2. The van der Waals surface area contributed by atoms with Crippen molar-refractivity contribution in [3.05, 3.63) is 0 Å². The minimum Gasteiger partial charge on any atom is -0.460 e. The summed E-state index contributed by atoms with van der Waals surface area (Å²) in [6, 6.07) is 0. The first kappa shape index (κ1) is 18.0. The fraction of sp³-hybridized carbons (Fsp3) is 0.882. The highest BCUT2D eigenvalue weighted by molar-refractivity contribution is 5.67. The van der Waals surface area contributed by atoms with Crippen LogP contribution in [0.1, 0.15) is 52.9 Å². The lowest BCUT2D eigenvalue weighted by Crippen LogP contribution is -2.52. The van der Waals surface area contributed by atoms with Crippen LogP contribution in [0.2, 0.25) is 0 Å². The van der Waals surface area contributed by atoms with E-state index in [0.29, 0.717) is 18.9 Å². The van der Waals surface area contributed by atoms with Crippen LogP contribution >= 0.6 is 0 Å². The van der Waals surface area contributed by atoms with Crippen molar-refractivity contribution in [2.24, 2.45) is 5.92 Å². The molecule has 0 spiro atoms. The van der Waals surface area contributed by atoms with Gasteiger partial charge in [0.25, 0.3) is 6.47 Å². The van der Waals surface area contributed by atoms with Crippen LogP contribution in [-0.4, -0.2) is 54.8 Å². The molecule has 1 amide bonds. The summed E-state index contributed by atoms with van der Waals surface area (Å²) >= 11 is 0. The Kier molecular flexibility index (Phi) is 5.89. The quantitative estimate of drug-likeness (QED) is 0.759. The first-order chi connectivity index (χ1) is 10.8. The number of nitrogens with zero attached hydrogens (tertiary/aromatic N) is 1. The van der Waals surface area contributed by atoms with Crippen LogP contribution in [0.15, 0.2) is 0 Å². The Morgan fingerprint density at radius 2 is 1.96 bits per heavy atom. The number of nitrogens with one attached hydrogen (secondary N) is 1. The molecule has 2 rings (SSSR count). The molecule has 23 heavy (non-hydrogen) atoms. The fourth-order valence-electron chi connectivity index (χ4n) is 3.28. The fourth-order valence-corrected chi connectivity index (χ4v) is 3.28. The number of hydrogen-bond acceptors (Lipinski definition) is 5. The SMILES string of the molecule is CC(C)(C)OC(=O)NCC1CCN(CC2(OC=O)CCC2)CC1. The molecule has 2 fully saturated rings. The van der Waals surface area contributed by atoms with Crippen molar-refractivity contribution in [2.75, 3.05) is 26.2 Å². The number of carbonyl (C=O) groups excluding carboxylic acids is 2. The molecule has 6 heteroatoms. The summed E-state index contributed by atoms with van der Waals surface area (Å²) in [7, 11) is 0. The van der Waals surface area contributed by atoms with Crippen LogP contribution in [0.5, 0.6) is 0 Å². The van der Waals surface area contributed by atoms with Crippen molar-refractivity contribution in [3.63, 3.8) is 0 Å². The van der Waals surface area contributed by atoms with Crippen molar-refractivity contribution in [1.82, 2.24) is 10.2 Å². The Hall–Kier alpha value is -1.30. The molecule has 0 unspecified atom stereocenters. The van der Waals surface area contributed by atoms with Gasteiger partial charge in [-0.15, -0.1) is 0 Å². The molecule has 132 valence electrons. The lowest BCUT2D eigenvalue weighted by atomic mass is 9.79. The summed E-state index contributed by atoms with van der Waals surface area (Å²) in [5, 5.41) is 2.86. The number of rotatable bonds is 6. The van der Waals surface area contributed by atoms with E-state index in [9.17, 15) is 9.59 Å². The van der Waals surface area contributed by atoms with Crippen LogP contribution in [0.25, 0.3) is 0 Å². The van der Waals surface area contributed by atoms with Gasteiger partial charge in [-0.05, 0) is 71.9 Å². The van der Waals surface area contributed by atoms with Gasteiger partial charge in [-0.25, -0.2) is 4.79 Å². The summed E-state index contributed by atoms with van der Waals surface area (Å²) in [6.45, 7) is 9.68. The average Bonchev–Trinajstić information content (AvgIpc) is 2.42. The second-order valence-corrected chi connectivity index (χ2v) is 7.85. The third-order valence-corrected chi connectivity index (χ3v) is 4.72. The number of piperidine rings is 1. The summed E-state index contributed by atoms with van der Waals surface area (Å²) in [6.07, 6.45) is 4.86. The van der Waals surface area contributed by atoms with E-state index in [1.54, 1.807) is 0 Å². The van der Waals surface area contributed by atoms with Crippen LogP contribution in [0, 0.1) is 5.92 Å². The Labute approximate surface area is 138 Å². The van der Waals surface area contributed by atoms with Gasteiger partial charge in [0, 0.05) is 13.1 Å². The maximum absolute atomic E-state index is 11.7. The molecule has 0 aromatic carbocycles. The zero-order valence-corrected chi connectivity index (χ0v) is 14.6. The molecule has 0 atom stereocenters. The van der Waals surface area contributed by atoms with Crippen molar-refractivity contribution in [3.8, 4) is 0 Å². The van der Waals surface area contributed by atoms with Gasteiger partial charge in [-0.1, -0.05) is 0 Å². The topological polar surface area (TPSA) is 67.9 Å². The largest absolute Gasteiger partial charge is 0.460 e. The maximum atomic E-state index is 11.7. The van der Waals surface area contributed by atoms with Gasteiger partial charge in [-0.2, -0.15) is 0 Å². The van der Waals surface area contributed by atoms with Crippen LogP contribution in [0.3, 0.4) is 0 Å². The molecule has 1 saturated carbocycles. The first-order valence-electron chi connectivity index (χ1n) is 8.63. The predicted octanol–water partition coefficient (Wildman–Crippen LogP) is 2.32. The predicted molar refractivity (Wildman–Crippen MR) is 87.1 cm³/mol. The van der Waals surface area contributed by atoms with E-state index < -0.39 is 5.60 Å². The Morgan fingerprint density at radius 1 is 1.30 bits per heavy atom. The van der Waals surface area contributed by atoms with Crippen LogP contribution < -0.4 is 5.32 Å². The minimum absolute atomic E-state index is 0.233. The van der Waals surface area contributed by atoms with Crippen LogP contribution in [-0.2, 0) is 14.3 Å². The molecule has 0 radical (unpaired) electrons. The van der Waals surface area contributed by atoms with E-state index in [4.69, 9.17) is 9.47 Å². The highest BCUT2D eigenvalue weighted by Gasteiger charge is 2.41. The highest BCUT2D eigenvalue weighted by atomic mass is 16.6. The molecular weight excluding hydrogens is 296 g/mol. The van der Waals surface area contributed by atoms with Gasteiger partial charge in [0.05, 0.1) is 0 Å². The maximum Gasteiger partial charge on any atom is 0.407 e. The Bertz CT molecular complexity index is 407. The number of carbonyl (C=O) groups is 2. The molecule has 0 bridgehead atoms. The second kappa shape index (κ2) is 7.51. The molecule has 1 saturated heterocycles. The zero-order valence-electron chi connectivity index (χ0n) is 14.6. The lowest BCUT2D eigenvalue weighted by Gasteiger charge is -2.44. The van der Waals surface area contributed by atoms with Gasteiger partial charge in [0.15, 0.2) is 0 Å². The monoisotopic (exact) mass is 326 g/mol. The molecule has 0 aromatic heterocycles. The number of amides is 1. The zero-order chi connectivity index (χ0) is 16.9. The first-order valence-corrected chi connectivity index (χ1v) is 8.63. The summed E-state index contributed by atoms with van der Waals surface area (Å²) in [4.78, 5) is 24.7. The van der Waals surface area contributed by atoms with E-state index >= 15 is 0 Å². The smallest absolute Gasteiger partial charge is 0.407 e.